The third kappa shape index (κ3) is 3.17. The van der Waals surface area contributed by atoms with Gasteiger partial charge in [-0.3, -0.25) is 4.98 Å². The van der Waals surface area contributed by atoms with Crippen molar-refractivity contribution in [1.29, 1.82) is 0 Å². The second kappa shape index (κ2) is 7.21. The van der Waals surface area contributed by atoms with Crippen LogP contribution in [0.5, 0.6) is 0 Å². The zero-order valence-corrected chi connectivity index (χ0v) is 14.9. The van der Waals surface area contributed by atoms with E-state index in [2.05, 4.69) is 15.0 Å². The molecule has 0 aliphatic carbocycles. The van der Waals surface area contributed by atoms with Crippen LogP contribution in [0.4, 0.5) is 4.39 Å². The van der Waals surface area contributed by atoms with Gasteiger partial charge in [0.05, 0.1) is 23.5 Å². The van der Waals surface area contributed by atoms with E-state index < -0.39 is 17.8 Å². The molecule has 2 heterocycles. The lowest BCUT2D eigenvalue weighted by molar-refractivity contribution is -0.133. The monoisotopic (exact) mass is 374 g/mol. The van der Waals surface area contributed by atoms with Crippen molar-refractivity contribution in [3.63, 3.8) is 0 Å². The molecule has 0 saturated carbocycles. The van der Waals surface area contributed by atoms with E-state index in [-0.39, 0.29) is 10.6 Å². The minimum Gasteiger partial charge on any atom is -0.478 e. The lowest BCUT2D eigenvalue weighted by atomic mass is 9.93. The highest BCUT2D eigenvalue weighted by Crippen LogP contribution is 2.39. The van der Waals surface area contributed by atoms with Crippen LogP contribution in [0.25, 0.3) is 0 Å². The Labute approximate surface area is 154 Å². The predicted octanol–water partition coefficient (Wildman–Crippen LogP) is 3.45. The van der Waals surface area contributed by atoms with Crippen molar-refractivity contribution < 1.29 is 14.3 Å². The molecule has 1 N–H and O–H groups in total. The summed E-state index contributed by atoms with van der Waals surface area (Å²) in [5, 5.41) is 9.91. The van der Waals surface area contributed by atoms with Gasteiger partial charge in [0.1, 0.15) is 11.5 Å². The van der Waals surface area contributed by atoms with Crippen molar-refractivity contribution in [3.8, 4) is 0 Å². The average molecular weight is 375 g/mol. The maximum Gasteiger partial charge on any atom is 0.335 e. The van der Waals surface area contributed by atoms with Crippen LogP contribution in [0.1, 0.15) is 31.1 Å². The second-order valence-corrected chi connectivity index (χ2v) is 6.09. The molecule has 0 fully saturated rings. The Balaban J connectivity index is 2.23. The number of carbonyl (C=O) groups is 1. The second-order valence-electron chi connectivity index (χ2n) is 5.68. The number of carboxylic acids is 1. The van der Waals surface area contributed by atoms with E-state index in [0.717, 1.165) is 0 Å². The van der Waals surface area contributed by atoms with E-state index >= 15 is 0 Å². The summed E-state index contributed by atoms with van der Waals surface area (Å²) in [4.78, 5) is 26.5. The molecule has 0 radical (unpaired) electrons. The number of carboxylic acid groups (broad SMARTS) is 1. The standard InChI is InChI=1S/C18H16ClFN4O2/c1-3-24-16(12-5-4-11(20)8-13(12)19)15(18(25)26)10(2)23-17(24)14-9-21-6-7-22-14/h4-9,16H,3H2,1-2H3,(H,25,26). The first-order chi connectivity index (χ1) is 12.4. The topological polar surface area (TPSA) is 78.7 Å². The highest BCUT2D eigenvalue weighted by Gasteiger charge is 2.37. The first-order valence-electron chi connectivity index (χ1n) is 7.94. The largest absolute Gasteiger partial charge is 0.478 e. The van der Waals surface area contributed by atoms with Crippen molar-refractivity contribution in [2.24, 2.45) is 4.99 Å². The number of amidine groups is 1. The molecule has 1 aliphatic rings. The van der Waals surface area contributed by atoms with Crippen molar-refractivity contribution in [3.05, 3.63) is 70.2 Å². The van der Waals surface area contributed by atoms with Crippen molar-refractivity contribution >= 4 is 23.4 Å². The van der Waals surface area contributed by atoms with Crippen molar-refractivity contribution in [2.45, 2.75) is 19.9 Å². The maximum atomic E-state index is 13.5. The van der Waals surface area contributed by atoms with Gasteiger partial charge < -0.3 is 10.0 Å². The highest BCUT2D eigenvalue weighted by molar-refractivity contribution is 6.31. The Morgan fingerprint density at radius 3 is 2.73 bits per heavy atom. The summed E-state index contributed by atoms with van der Waals surface area (Å²) >= 11 is 6.25. The van der Waals surface area contributed by atoms with E-state index in [4.69, 9.17) is 11.6 Å². The summed E-state index contributed by atoms with van der Waals surface area (Å²) in [6.45, 7) is 3.94. The lowest BCUT2D eigenvalue weighted by Gasteiger charge is -2.37. The van der Waals surface area contributed by atoms with E-state index in [1.807, 2.05) is 6.92 Å². The Kier molecular flexibility index (Phi) is 4.99. The fraction of sp³-hybridized carbons (Fsp3) is 0.222. The highest BCUT2D eigenvalue weighted by atomic mass is 35.5. The third-order valence-corrected chi connectivity index (χ3v) is 4.47. The summed E-state index contributed by atoms with van der Waals surface area (Å²) in [6, 6.07) is 3.21. The number of allylic oxidation sites excluding steroid dienone is 1. The van der Waals surface area contributed by atoms with Crippen LogP contribution in [0.2, 0.25) is 5.02 Å². The van der Waals surface area contributed by atoms with Crippen LogP contribution >= 0.6 is 11.6 Å². The smallest absolute Gasteiger partial charge is 0.335 e. The molecule has 8 heteroatoms. The number of halogens is 2. The molecule has 26 heavy (non-hydrogen) atoms. The number of aliphatic imine (C=N–C) groups is 1. The molecule has 2 aromatic rings. The van der Waals surface area contributed by atoms with E-state index in [9.17, 15) is 14.3 Å². The number of nitrogens with zero attached hydrogens (tertiary/aromatic N) is 4. The molecule has 0 amide bonds. The zero-order valence-electron chi connectivity index (χ0n) is 14.1. The SMILES string of the molecule is CCN1C(c2cnccn2)=NC(C)=C(C(=O)O)C1c1ccc(F)cc1Cl. The van der Waals surface area contributed by atoms with Gasteiger partial charge in [0.2, 0.25) is 0 Å². The van der Waals surface area contributed by atoms with E-state index in [1.54, 1.807) is 24.2 Å². The number of hydrogen-bond acceptors (Lipinski definition) is 5. The minimum atomic E-state index is -1.10. The van der Waals surface area contributed by atoms with Gasteiger partial charge in [-0.2, -0.15) is 0 Å². The van der Waals surface area contributed by atoms with Gasteiger partial charge in [-0.15, -0.1) is 0 Å². The van der Waals surface area contributed by atoms with Crippen LogP contribution in [-0.2, 0) is 4.79 Å². The van der Waals surface area contributed by atoms with Crippen LogP contribution < -0.4 is 0 Å². The summed E-state index contributed by atoms with van der Waals surface area (Å²) in [5.74, 6) is -1.10. The van der Waals surface area contributed by atoms with Gasteiger partial charge in [-0.1, -0.05) is 17.7 Å². The predicted molar refractivity (Wildman–Crippen MR) is 95.4 cm³/mol. The van der Waals surface area contributed by atoms with Gasteiger partial charge in [-0.25, -0.2) is 19.2 Å². The van der Waals surface area contributed by atoms with E-state index in [0.29, 0.717) is 29.3 Å². The molecule has 0 bridgehead atoms. The fourth-order valence-electron chi connectivity index (χ4n) is 3.03. The first-order valence-corrected chi connectivity index (χ1v) is 8.32. The van der Waals surface area contributed by atoms with Gasteiger partial charge in [-0.05, 0) is 31.5 Å². The normalized spacial score (nSPS) is 17.3. The Bertz CT molecular complexity index is 915. The number of aliphatic carboxylic acids is 1. The zero-order chi connectivity index (χ0) is 18.8. The van der Waals surface area contributed by atoms with Crippen LogP contribution in [0, 0.1) is 5.82 Å². The molecule has 1 aromatic carbocycles. The number of likely N-dealkylation sites (N-methyl/N-ethyl adjacent to an activating group) is 1. The number of rotatable bonds is 4. The summed E-state index contributed by atoms with van der Waals surface area (Å²) in [6.07, 6.45) is 4.64. The number of benzene rings is 1. The summed E-state index contributed by atoms with van der Waals surface area (Å²) in [7, 11) is 0. The Morgan fingerprint density at radius 1 is 1.38 bits per heavy atom. The number of hydrogen-bond donors (Lipinski definition) is 1. The molecule has 6 nitrogen and oxygen atoms in total. The maximum absolute atomic E-state index is 13.5. The van der Waals surface area contributed by atoms with Gasteiger partial charge >= 0.3 is 5.97 Å². The van der Waals surface area contributed by atoms with Crippen molar-refractivity contribution in [1.82, 2.24) is 14.9 Å². The minimum absolute atomic E-state index is 0.0907. The van der Waals surface area contributed by atoms with Gasteiger partial charge in [0, 0.05) is 24.0 Å². The lowest BCUT2D eigenvalue weighted by Crippen LogP contribution is -2.41. The average Bonchev–Trinajstić information content (AvgIpc) is 2.61. The van der Waals surface area contributed by atoms with E-state index in [1.165, 1.54) is 24.4 Å². The first kappa shape index (κ1) is 18.0. The Hall–Kier alpha value is -2.80. The van der Waals surface area contributed by atoms with Crippen LogP contribution in [0.3, 0.4) is 0 Å². The molecule has 1 unspecified atom stereocenters. The van der Waals surface area contributed by atoms with Crippen LogP contribution in [-0.4, -0.2) is 38.3 Å². The molecule has 134 valence electrons. The molecule has 0 saturated heterocycles. The summed E-state index contributed by atoms with van der Waals surface area (Å²) < 4.78 is 13.5. The van der Waals surface area contributed by atoms with Crippen LogP contribution in [0.15, 0.2) is 53.1 Å². The fourth-order valence-corrected chi connectivity index (χ4v) is 3.30. The Morgan fingerprint density at radius 2 is 2.15 bits per heavy atom. The van der Waals surface area contributed by atoms with Crippen molar-refractivity contribution in [2.75, 3.05) is 6.54 Å². The molecule has 1 aromatic heterocycles. The number of aromatic nitrogens is 2. The molecular formula is C18H16ClFN4O2. The molecule has 0 spiro atoms. The molecule has 3 rings (SSSR count). The third-order valence-electron chi connectivity index (χ3n) is 4.14. The molecule has 1 aliphatic heterocycles. The summed E-state index contributed by atoms with van der Waals surface area (Å²) in [5.41, 5.74) is 1.44. The molecular weight excluding hydrogens is 359 g/mol. The van der Waals surface area contributed by atoms with Gasteiger partial charge in [0.25, 0.3) is 0 Å². The van der Waals surface area contributed by atoms with Gasteiger partial charge in [0.15, 0.2) is 5.84 Å². The molecule has 1 atom stereocenters. The quantitative estimate of drug-likeness (QED) is 0.886.